The summed E-state index contributed by atoms with van der Waals surface area (Å²) in [7, 11) is 0. The fourth-order valence-corrected chi connectivity index (χ4v) is 0.202. The van der Waals surface area contributed by atoms with Gasteiger partial charge in [0.25, 0.3) is 0 Å². The van der Waals surface area contributed by atoms with Crippen LogP contribution in [0.2, 0.25) is 0 Å². The number of esters is 2. The molecule has 0 aromatic rings. The second kappa shape index (κ2) is 5.81. The van der Waals surface area contributed by atoms with E-state index in [2.05, 4.69) is 4.74 Å². The van der Waals surface area contributed by atoms with Gasteiger partial charge in [-0.2, -0.15) is 0 Å². The molecule has 0 fully saturated rings. The fourth-order valence-electron chi connectivity index (χ4n) is 0.202. The van der Waals surface area contributed by atoms with Crippen LogP contribution >= 0.6 is 0 Å². The summed E-state index contributed by atoms with van der Waals surface area (Å²) in [6.07, 6.45) is 0. The van der Waals surface area contributed by atoms with Gasteiger partial charge in [0.15, 0.2) is 0 Å². The molecule has 5 heteroatoms. The van der Waals surface area contributed by atoms with Gasteiger partial charge in [0.05, 0.1) is 0 Å². The van der Waals surface area contributed by atoms with Gasteiger partial charge in [-0.1, -0.05) is 0 Å². The monoisotopic (exact) mass is 296 g/mol. The predicted molar refractivity (Wildman–Crippen MR) is 27.5 cm³/mol. The number of ketones is 1. The molecule has 10 heavy (non-hydrogen) atoms. The third-order valence-electron chi connectivity index (χ3n) is 0.524. The van der Waals surface area contributed by atoms with Crippen molar-refractivity contribution in [2.75, 3.05) is 0 Å². The molecule has 0 amide bonds. The SMILES string of the molecule is CC(=O)OC(=O)C(C)=O.[Er]. The molecular formula is C5H6ErO4. The van der Waals surface area contributed by atoms with Crippen LogP contribution in [0.25, 0.3) is 0 Å². The number of Topliss-reactive ketones (excluding diaryl/α,β-unsaturated/α-hetero) is 1. The average molecular weight is 297 g/mol. The Kier molecular flexibility index (Phi) is 7.39. The molecule has 0 rings (SSSR count). The van der Waals surface area contributed by atoms with Crippen molar-refractivity contribution in [1.82, 2.24) is 0 Å². The maximum absolute atomic E-state index is 10.2. The van der Waals surface area contributed by atoms with Crippen molar-refractivity contribution in [3.63, 3.8) is 0 Å². The summed E-state index contributed by atoms with van der Waals surface area (Å²) in [5.41, 5.74) is 0. The summed E-state index contributed by atoms with van der Waals surface area (Å²) in [5, 5.41) is 0. The Balaban J connectivity index is 0. The first-order chi connectivity index (χ1) is 4.04. The molecule has 0 aliphatic rings. The van der Waals surface area contributed by atoms with Gasteiger partial charge < -0.3 is 4.74 Å². The molecule has 62 valence electrons. The van der Waals surface area contributed by atoms with E-state index in [9.17, 15) is 14.4 Å². The Morgan fingerprint density at radius 1 is 1.10 bits per heavy atom. The molecule has 0 bridgehead atoms. The van der Waals surface area contributed by atoms with Crippen LogP contribution in [0.1, 0.15) is 13.8 Å². The van der Waals surface area contributed by atoms with Crippen molar-refractivity contribution in [3.05, 3.63) is 0 Å². The van der Waals surface area contributed by atoms with Gasteiger partial charge in [-0.15, -0.1) is 0 Å². The summed E-state index contributed by atoms with van der Waals surface area (Å²) < 4.78 is 3.88. The summed E-state index contributed by atoms with van der Waals surface area (Å²) in [6, 6.07) is 0. The second-order valence-corrected chi connectivity index (χ2v) is 1.44. The Hall–Kier alpha value is 0.0568. The molecule has 0 unspecified atom stereocenters. The molecule has 0 aliphatic heterocycles. The first-order valence-electron chi connectivity index (χ1n) is 2.27. The van der Waals surface area contributed by atoms with E-state index < -0.39 is 17.7 Å². The first kappa shape index (κ1) is 12.7. The largest absolute Gasteiger partial charge is 0.387 e. The number of hydrogen-bond acceptors (Lipinski definition) is 4. The summed E-state index contributed by atoms with van der Waals surface area (Å²) >= 11 is 0. The minimum atomic E-state index is -1.11. The van der Waals surface area contributed by atoms with Gasteiger partial charge >= 0.3 is 11.9 Å². The van der Waals surface area contributed by atoms with Gasteiger partial charge in [-0.3, -0.25) is 9.59 Å². The van der Waals surface area contributed by atoms with Crippen LogP contribution in [-0.2, 0) is 19.1 Å². The number of hydrogen-bond donors (Lipinski definition) is 0. The van der Waals surface area contributed by atoms with Crippen LogP contribution in [0, 0.1) is 37.3 Å². The third kappa shape index (κ3) is 6.18. The van der Waals surface area contributed by atoms with E-state index in [4.69, 9.17) is 0 Å². The van der Waals surface area contributed by atoms with E-state index in [1.54, 1.807) is 0 Å². The van der Waals surface area contributed by atoms with Gasteiger partial charge in [0.1, 0.15) is 0 Å². The zero-order valence-corrected chi connectivity index (χ0v) is 7.27. The van der Waals surface area contributed by atoms with Gasteiger partial charge in [-0.25, -0.2) is 4.79 Å². The minimum absolute atomic E-state index is 0. The van der Waals surface area contributed by atoms with E-state index in [0.717, 1.165) is 13.8 Å². The van der Waals surface area contributed by atoms with E-state index in [-0.39, 0.29) is 37.3 Å². The summed E-state index contributed by atoms with van der Waals surface area (Å²) in [5.74, 6) is -2.65. The summed E-state index contributed by atoms with van der Waals surface area (Å²) in [6.45, 7) is 2.09. The van der Waals surface area contributed by atoms with Gasteiger partial charge in [0, 0.05) is 51.2 Å². The van der Waals surface area contributed by atoms with E-state index in [1.165, 1.54) is 0 Å². The molecule has 0 N–H and O–H groups in total. The Bertz CT molecular complexity index is 163. The zero-order valence-electron chi connectivity index (χ0n) is 5.42. The zero-order chi connectivity index (χ0) is 7.44. The number of rotatable bonds is 1. The quantitative estimate of drug-likeness (QED) is 0.378. The third-order valence-corrected chi connectivity index (χ3v) is 0.524. The number of carbonyl (C=O) groups excluding carboxylic acids is 3. The van der Waals surface area contributed by atoms with Crippen molar-refractivity contribution < 1.29 is 56.4 Å². The van der Waals surface area contributed by atoms with Crippen LogP contribution in [0.5, 0.6) is 0 Å². The first-order valence-corrected chi connectivity index (χ1v) is 2.27. The van der Waals surface area contributed by atoms with E-state index >= 15 is 0 Å². The van der Waals surface area contributed by atoms with Crippen molar-refractivity contribution in [2.24, 2.45) is 0 Å². The number of ether oxygens (including phenoxy) is 1. The van der Waals surface area contributed by atoms with Crippen LogP contribution in [-0.4, -0.2) is 17.7 Å². The smallest absolute Gasteiger partial charge is 0.381 e. The molecule has 0 aromatic heterocycles. The molecule has 0 spiro atoms. The fraction of sp³-hybridized carbons (Fsp3) is 0.400. The maximum atomic E-state index is 10.2. The molecule has 0 radical (unpaired) electrons. The van der Waals surface area contributed by atoms with Crippen LogP contribution in [0.3, 0.4) is 0 Å². The van der Waals surface area contributed by atoms with Crippen LogP contribution in [0.4, 0.5) is 0 Å². The minimum Gasteiger partial charge on any atom is -0.387 e. The topological polar surface area (TPSA) is 60.4 Å². The predicted octanol–water partition coefficient (Wildman–Crippen LogP) is -0.335. The molecule has 0 saturated heterocycles. The normalized spacial score (nSPS) is 7.40. The molecule has 0 aliphatic carbocycles. The standard InChI is InChI=1S/C5H6O4.Er/c1-3(6)5(8)9-4(2)7;/h1-2H3;. The Morgan fingerprint density at radius 2 is 1.50 bits per heavy atom. The Labute approximate surface area is 87.5 Å². The Morgan fingerprint density at radius 3 is 1.60 bits per heavy atom. The van der Waals surface area contributed by atoms with Crippen LogP contribution in [0.15, 0.2) is 0 Å². The second-order valence-electron chi connectivity index (χ2n) is 1.44. The van der Waals surface area contributed by atoms with Gasteiger partial charge in [0.2, 0.25) is 5.78 Å². The molecule has 0 atom stereocenters. The van der Waals surface area contributed by atoms with Crippen molar-refractivity contribution in [2.45, 2.75) is 13.8 Å². The molecule has 0 heterocycles. The van der Waals surface area contributed by atoms with Crippen LogP contribution < -0.4 is 0 Å². The van der Waals surface area contributed by atoms with Gasteiger partial charge in [-0.05, 0) is 0 Å². The van der Waals surface area contributed by atoms with E-state index in [1.807, 2.05) is 0 Å². The molecule has 0 aromatic carbocycles. The van der Waals surface area contributed by atoms with Crippen molar-refractivity contribution in [1.29, 1.82) is 0 Å². The summed E-state index contributed by atoms with van der Waals surface area (Å²) in [4.78, 5) is 30.2. The molecule has 0 saturated carbocycles. The average Bonchev–Trinajstić information content (AvgIpc) is 1.63. The molecular weight excluding hydrogens is 291 g/mol. The van der Waals surface area contributed by atoms with E-state index in [0.29, 0.717) is 0 Å². The maximum Gasteiger partial charge on any atom is 0.381 e. The molecule has 4 nitrogen and oxygen atoms in total. The number of carbonyl (C=O) groups is 3. The van der Waals surface area contributed by atoms with Crippen molar-refractivity contribution >= 4 is 17.7 Å². The van der Waals surface area contributed by atoms with Crippen molar-refractivity contribution in [3.8, 4) is 0 Å².